The van der Waals surface area contributed by atoms with Crippen LogP contribution in [0.15, 0.2) is 24.3 Å². The van der Waals surface area contributed by atoms with E-state index in [0.29, 0.717) is 5.56 Å². The maximum Gasteiger partial charge on any atom is 0.326 e. The first-order valence-electron chi connectivity index (χ1n) is 11.3. The van der Waals surface area contributed by atoms with Crippen LogP contribution in [0.2, 0.25) is 0 Å². The van der Waals surface area contributed by atoms with Gasteiger partial charge in [0.1, 0.15) is 23.9 Å². The van der Waals surface area contributed by atoms with Crippen molar-refractivity contribution in [3.05, 3.63) is 29.8 Å². The number of nitrogens with one attached hydrogen (secondary N) is 3. The summed E-state index contributed by atoms with van der Waals surface area (Å²) in [5.41, 5.74) is 6.20. The molecule has 0 aliphatic rings. The first-order chi connectivity index (χ1) is 17.2. The summed E-state index contributed by atoms with van der Waals surface area (Å²) in [7, 11) is 0. The van der Waals surface area contributed by atoms with Crippen molar-refractivity contribution in [3.63, 3.8) is 0 Å². The topological polar surface area (TPSA) is 245 Å². The highest BCUT2D eigenvalue weighted by Crippen LogP contribution is 2.12. The largest absolute Gasteiger partial charge is 0.508 e. The normalized spacial score (nSPS) is 14.1. The van der Waals surface area contributed by atoms with Crippen LogP contribution in [0.1, 0.15) is 38.7 Å². The lowest BCUT2D eigenvalue weighted by Crippen LogP contribution is -2.58. The van der Waals surface area contributed by atoms with Gasteiger partial charge in [0, 0.05) is 6.42 Å². The van der Waals surface area contributed by atoms with Gasteiger partial charge < -0.3 is 42.1 Å². The number of carbonyl (C=O) groups excluding carboxylic acids is 3. The van der Waals surface area contributed by atoms with Gasteiger partial charge in [0.05, 0.1) is 18.9 Å². The van der Waals surface area contributed by atoms with Crippen LogP contribution in [0.3, 0.4) is 0 Å². The molecule has 0 bridgehead atoms. The van der Waals surface area contributed by atoms with Gasteiger partial charge in [-0.3, -0.25) is 24.0 Å². The third-order valence-corrected chi connectivity index (χ3v) is 5.08. The Kier molecular flexibility index (Phi) is 12.0. The van der Waals surface area contributed by atoms with Gasteiger partial charge in [0.25, 0.3) is 0 Å². The molecule has 9 N–H and O–H groups in total. The predicted octanol–water partition coefficient (Wildman–Crippen LogP) is -1.20. The van der Waals surface area contributed by atoms with Crippen LogP contribution in [0.5, 0.6) is 5.75 Å². The van der Waals surface area contributed by atoms with E-state index in [2.05, 4.69) is 16.0 Å². The summed E-state index contributed by atoms with van der Waals surface area (Å²) in [5, 5.41) is 43.6. The molecule has 3 amide bonds. The SMILES string of the molecule is CC(C)CC(N)C(=O)NC(CC(=O)O)C(=O)NC(CC(=O)O)C(=O)NC(Cc1ccc(O)cc1)C(=O)O. The molecule has 37 heavy (non-hydrogen) atoms. The third kappa shape index (κ3) is 11.4. The number of amides is 3. The summed E-state index contributed by atoms with van der Waals surface area (Å²) in [6.07, 6.45) is -1.81. The summed E-state index contributed by atoms with van der Waals surface area (Å²) in [6, 6.07) is -0.550. The number of phenols is 1. The summed E-state index contributed by atoms with van der Waals surface area (Å²) < 4.78 is 0. The Morgan fingerprint density at radius 2 is 1.19 bits per heavy atom. The Morgan fingerprint density at radius 3 is 1.59 bits per heavy atom. The molecule has 1 aromatic carbocycles. The van der Waals surface area contributed by atoms with E-state index in [1.165, 1.54) is 24.3 Å². The van der Waals surface area contributed by atoms with E-state index >= 15 is 0 Å². The smallest absolute Gasteiger partial charge is 0.326 e. The van der Waals surface area contributed by atoms with Gasteiger partial charge in [-0.05, 0) is 30.0 Å². The minimum atomic E-state index is -1.79. The van der Waals surface area contributed by atoms with Crippen LogP contribution < -0.4 is 21.7 Å². The van der Waals surface area contributed by atoms with Crippen LogP contribution in [0.25, 0.3) is 0 Å². The molecule has 0 fully saturated rings. The molecular formula is C23H32N4O10. The Balaban J connectivity index is 3.03. The zero-order valence-electron chi connectivity index (χ0n) is 20.3. The number of rotatable bonds is 15. The van der Waals surface area contributed by atoms with Crippen molar-refractivity contribution < 1.29 is 49.2 Å². The monoisotopic (exact) mass is 524 g/mol. The van der Waals surface area contributed by atoms with Gasteiger partial charge in [0.15, 0.2) is 0 Å². The molecule has 0 aromatic heterocycles. The second-order valence-electron chi connectivity index (χ2n) is 8.82. The second-order valence-corrected chi connectivity index (χ2v) is 8.82. The Morgan fingerprint density at radius 1 is 0.757 bits per heavy atom. The molecule has 0 radical (unpaired) electrons. The zero-order valence-corrected chi connectivity index (χ0v) is 20.3. The standard InChI is InChI=1S/C23H32N4O10/c1-11(2)7-14(24)20(33)25-15(9-18(29)30)21(34)26-16(10-19(31)32)22(35)27-17(23(36)37)8-12-3-5-13(28)6-4-12/h3-6,11,14-17,28H,7-10,24H2,1-2H3,(H,25,33)(H,26,34)(H,27,35)(H,29,30)(H,31,32)(H,36,37). The Hall–Kier alpha value is -4.20. The van der Waals surface area contributed by atoms with Gasteiger partial charge in [-0.25, -0.2) is 4.79 Å². The quantitative estimate of drug-likeness (QED) is 0.135. The molecule has 0 aliphatic carbocycles. The first-order valence-corrected chi connectivity index (χ1v) is 11.3. The highest BCUT2D eigenvalue weighted by molar-refractivity contribution is 5.96. The van der Waals surface area contributed by atoms with Crippen LogP contribution >= 0.6 is 0 Å². The van der Waals surface area contributed by atoms with Crippen LogP contribution in [-0.2, 0) is 35.2 Å². The van der Waals surface area contributed by atoms with Crippen molar-refractivity contribution in [1.82, 2.24) is 16.0 Å². The van der Waals surface area contributed by atoms with E-state index in [-0.39, 0.29) is 24.5 Å². The highest BCUT2D eigenvalue weighted by Gasteiger charge is 2.32. The van der Waals surface area contributed by atoms with Gasteiger partial charge in [-0.15, -0.1) is 0 Å². The van der Waals surface area contributed by atoms with Crippen molar-refractivity contribution in [2.75, 3.05) is 0 Å². The van der Waals surface area contributed by atoms with Crippen LogP contribution in [-0.4, -0.2) is 80.2 Å². The van der Waals surface area contributed by atoms with E-state index in [9.17, 15) is 44.1 Å². The fourth-order valence-electron chi connectivity index (χ4n) is 3.27. The number of carboxylic acid groups (broad SMARTS) is 3. The summed E-state index contributed by atoms with van der Waals surface area (Å²) >= 11 is 0. The number of carbonyl (C=O) groups is 6. The minimum absolute atomic E-state index is 0.0277. The van der Waals surface area contributed by atoms with E-state index in [0.717, 1.165) is 0 Å². The number of carboxylic acids is 3. The fourth-order valence-corrected chi connectivity index (χ4v) is 3.27. The number of aromatic hydroxyl groups is 1. The molecule has 0 heterocycles. The molecule has 0 saturated carbocycles. The maximum absolute atomic E-state index is 12.8. The molecule has 4 unspecified atom stereocenters. The molecular weight excluding hydrogens is 492 g/mol. The Bertz CT molecular complexity index is 996. The van der Waals surface area contributed by atoms with E-state index in [4.69, 9.17) is 10.8 Å². The number of hydrogen-bond acceptors (Lipinski definition) is 8. The summed E-state index contributed by atoms with van der Waals surface area (Å²) in [6.45, 7) is 3.60. The summed E-state index contributed by atoms with van der Waals surface area (Å²) in [5.74, 6) is -7.58. The lowest BCUT2D eigenvalue weighted by Gasteiger charge is -2.24. The zero-order chi connectivity index (χ0) is 28.3. The molecule has 4 atom stereocenters. The molecule has 1 aromatic rings. The molecule has 204 valence electrons. The Labute approximate surface area is 212 Å². The van der Waals surface area contributed by atoms with Gasteiger partial charge >= 0.3 is 17.9 Å². The number of phenolic OH excluding ortho intramolecular Hbond substituents is 1. The minimum Gasteiger partial charge on any atom is -0.508 e. The lowest BCUT2D eigenvalue weighted by atomic mass is 10.0. The lowest BCUT2D eigenvalue weighted by molar-refractivity contribution is -0.145. The number of aliphatic carboxylic acids is 3. The predicted molar refractivity (Wildman–Crippen MR) is 127 cm³/mol. The van der Waals surface area contributed by atoms with Crippen molar-refractivity contribution >= 4 is 35.6 Å². The molecule has 0 spiro atoms. The fraction of sp³-hybridized carbons (Fsp3) is 0.478. The van der Waals surface area contributed by atoms with E-state index < -0.39 is 72.6 Å². The van der Waals surface area contributed by atoms with Crippen molar-refractivity contribution in [3.8, 4) is 5.75 Å². The van der Waals surface area contributed by atoms with Crippen molar-refractivity contribution in [2.24, 2.45) is 11.7 Å². The van der Waals surface area contributed by atoms with Crippen LogP contribution in [0, 0.1) is 5.92 Å². The third-order valence-electron chi connectivity index (χ3n) is 5.08. The molecule has 0 aliphatic heterocycles. The highest BCUT2D eigenvalue weighted by atomic mass is 16.4. The number of nitrogens with two attached hydrogens (primary N) is 1. The number of benzene rings is 1. The van der Waals surface area contributed by atoms with Gasteiger partial charge in [0.2, 0.25) is 17.7 Å². The molecule has 14 heteroatoms. The average molecular weight is 525 g/mol. The summed E-state index contributed by atoms with van der Waals surface area (Å²) in [4.78, 5) is 72.0. The number of hydrogen-bond donors (Lipinski definition) is 8. The second kappa shape index (κ2) is 14.4. The van der Waals surface area contributed by atoms with Gasteiger partial charge in [-0.2, -0.15) is 0 Å². The van der Waals surface area contributed by atoms with E-state index in [1.54, 1.807) is 13.8 Å². The molecule has 1 rings (SSSR count). The van der Waals surface area contributed by atoms with Crippen molar-refractivity contribution in [2.45, 2.75) is 63.7 Å². The van der Waals surface area contributed by atoms with Crippen molar-refractivity contribution in [1.29, 1.82) is 0 Å². The van der Waals surface area contributed by atoms with E-state index in [1.807, 2.05) is 0 Å². The molecule has 0 saturated heterocycles. The van der Waals surface area contributed by atoms with Gasteiger partial charge in [-0.1, -0.05) is 26.0 Å². The molecule has 14 nitrogen and oxygen atoms in total. The average Bonchev–Trinajstić information content (AvgIpc) is 2.77. The first kappa shape index (κ1) is 30.8. The maximum atomic E-state index is 12.8. The van der Waals surface area contributed by atoms with Crippen LogP contribution in [0.4, 0.5) is 0 Å².